The second kappa shape index (κ2) is 9.66. The topological polar surface area (TPSA) is 70.8 Å². The van der Waals surface area contributed by atoms with Gasteiger partial charge in [0.25, 0.3) is 11.8 Å². The van der Waals surface area contributed by atoms with Gasteiger partial charge in [-0.3, -0.25) is 9.59 Å². The van der Waals surface area contributed by atoms with Crippen LogP contribution in [0, 0.1) is 0 Å². The monoisotopic (exact) mass is 500 g/mol. The van der Waals surface area contributed by atoms with E-state index in [9.17, 15) is 14.4 Å². The van der Waals surface area contributed by atoms with Crippen LogP contribution in [0.25, 0.3) is 6.08 Å². The second-order valence-corrected chi connectivity index (χ2v) is 9.02. The lowest BCUT2D eigenvalue weighted by molar-refractivity contribution is -0.121. The molecule has 1 aliphatic heterocycles. The minimum Gasteiger partial charge on any atom is -0.450 e. The molecule has 0 radical (unpaired) electrons. The SMILES string of the molecule is O=C1C(=Cc2ccc(Sc3ccc(Cl)cc3)o2)C(=O)N(c2ccccc2)C(=O)N1c1ccccc1. The molecule has 3 aromatic carbocycles. The number of rotatable bonds is 5. The van der Waals surface area contributed by atoms with Gasteiger partial charge in [-0.25, -0.2) is 14.6 Å². The molecule has 0 N–H and O–H groups in total. The summed E-state index contributed by atoms with van der Waals surface area (Å²) in [6.07, 6.45) is 1.37. The molecule has 1 fully saturated rings. The third-order valence-electron chi connectivity index (χ3n) is 5.20. The molecule has 2 heterocycles. The Morgan fingerprint density at radius 1 is 0.686 bits per heavy atom. The summed E-state index contributed by atoms with van der Waals surface area (Å²) >= 11 is 7.32. The van der Waals surface area contributed by atoms with Gasteiger partial charge in [-0.1, -0.05) is 59.8 Å². The fourth-order valence-corrected chi connectivity index (χ4v) is 4.47. The lowest BCUT2D eigenvalue weighted by Gasteiger charge is -2.33. The van der Waals surface area contributed by atoms with E-state index in [1.54, 1.807) is 84.9 Å². The van der Waals surface area contributed by atoms with E-state index in [-0.39, 0.29) is 5.57 Å². The summed E-state index contributed by atoms with van der Waals surface area (Å²) in [5, 5.41) is 1.21. The van der Waals surface area contributed by atoms with Crippen LogP contribution in [0.4, 0.5) is 16.2 Å². The Morgan fingerprint density at radius 2 is 1.23 bits per heavy atom. The molecule has 8 heteroatoms. The van der Waals surface area contributed by atoms with E-state index >= 15 is 0 Å². The molecule has 0 spiro atoms. The zero-order chi connectivity index (χ0) is 24.4. The molecule has 0 unspecified atom stereocenters. The molecule has 6 nitrogen and oxygen atoms in total. The van der Waals surface area contributed by atoms with E-state index in [0.717, 1.165) is 14.7 Å². The van der Waals surface area contributed by atoms with Gasteiger partial charge in [-0.05, 0) is 66.7 Å². The molecular formula is C27H17ClN2O4S. The number of nitrogens with zero attached hydrogens (tertiary/aromatic N) is 2. The van der Waals surface area contributed by atoms with Crippen molar-refractivity contribution in [1.82, 2.24) is 0 Å². The summed E-state index contributed by atoms with van der Waals surface area (Å²) in [4.78, 5) is 43.0. The average Bonchev–Trinajstić information content (AvgIpc) is 3.31. The first-order chi connectivity index (χ1) is 17.0. The zero-order valence-electron chi connectivity index (χ0n) is 18.1. The molecule has 1 saturated heterocycles. The number of urea groups is 1. The Bertz CT molecular complexity index is 1370. The summed E-state index contributed by atoms with van der Waals surface area (Å²) in [5.74, 6) is -1.13. The lowest BCUT2D eigenvalue weighted by atomic mass is 10.1. The van der Waals surface area contributed by atoms with Gasteiger partial charge in [0.15, 0.2) is 5.09 Å². The highest BCUT2D eigenvalue weighted by atomic mass is 35.5. The van der Waals surface area contributed by atoms with Crippen LogP contribution < -0.4 is 9.80 Å². The Balaban J connectivity index is 1.52. The maximum Gasteiger partial charge on any atom is 0.343 e. The maximum atomic E-state index is 13.4. The standard InChI is InChI=1S/C27H17ClN2O4S/c28-18-11-14-22(15-12-18)35-24-16-13-21(34-24)17-23-25(31)29(19-7-3-1-4-8-19)27(33)30(26(23)32)20-9-5-2-6-10-20/h1-17H. The molecule has 4 aromatic rings. The number of furan rings is 1. The smallest absolute Gasteiger partial charge is 0.343 e. The van der Waals surface area contributed by atoms with E-state index < -0.39 is 17.8 Å². The van der Waals surface area contributed by atoms with Crippen molar-refractivity contribution in [1.29, 1.82) is 0 Å². The van der Waals surface area contributed by atoms with Crippen molar-refractivity contribution in [2.45, 2.75) is 9.99 Å². The predicted octanol–water partition coefficient (Wildman–Crippen LogP) is 6.67. The number of halogens is 1. The minimum atomic E-state index is -0.743. The molecule has 172 valence electrons. The third kappa shape index (κ3) is 4.64. The Morgan fingerprint density at radius 3 is 1.77 bits per heavy atom. The van der Waals surface area contributed by atoms with Crippen LogP contribution in [0.3, 0.4) is 0 Å². The number of carbonyl (C=O) groups excluding carboxylic acids is 3. The van der Waals surface area contributed by atoms with E-state index in [0.29, 0.717) is 27.2 Å². The lowest BCUT2D eigenvalue weighted by Crippen LogP contribution is -2.57. The molecule has 0 atom stereocenters. The van der Waals surface area contributed by atoms with E-state index in [1.165, 1.54) is 17.8 Å². The quantitative estimate of drug-likeness (QED) is 0.226. The van der Waals surface area contributed by atoms with Gasteiger partial charge in [-0.2, -0.15) is 0 Å². The van der Waals surface area contributed by atoms with Gasteiger partial charge < -0.3 is 4.42 Å². The first-order valence-corrected chi connectivity index (χ1v) is 11.8. The van der Waals surface area contributed by atoms with Gasteiger partial charge in [-0.15, -0.1) is 0 Å². The van der Waals surface area contributed by atoms with E-state index in [1.807, 2.05) is 12.1 Å². The molecule has 0 aliphatic carbocycles. The van der Waals surface area contributed by atoms with Crippen LogP contribution in [-0.4, -0.2) is 17.8 Å². The summed E-state index contributed by atoms with van der Waals surface area (Å²) in [6, 6.07) is 26.9. The first kappa shape index (κ1) is 22.7. The van der Waals surface area contributed by atoms with Gasteiger partial charge in [0.1, 0.15) is 11.3 Å². The molecule has 1 aromatic heterocycles. The second-order valence-electron chi connectivity index (χ2n) is 7.51. The van der Waals surface area contributed by atoms with Gasteiger partial charge in [0.2, 0.25) is 0 Å². The van der Waals surface area contributed by atoms with Gasteiger partial charge in [0.05, 0.1) is 11.4 Å². The van der Waals surface area contributed by atoms with Crippen molar-refractivity contribution in [3.63, 3.8) is 0 Å². The highest BCUT2D eigenvalue weighted by Gasteiger charge is 2.43. The number of amides is 4. The molecule has 0 saturated carbocycles. The summed E-state index contributed by atoms with van der Waals surface area (Å²) in [6.45, 7) is 0. The van der Waals surface area contributed by atoms with Crippen LogP contribution in [0.15, 0.2) is 117 Å². The van der Waals surface area contributed by atoms with Crippen molar-refractivity contribution >= 4 is 58.7 Å². The van der Waals surface area contributed by atoms with E-state index in [2.05, 4.69) is 0 Å². The number of imide groups is 2. The molecule has 5 rings (SSSR count). The third-order valence-corrected chi connectivity index (χ3v) is 6.38. The van der Waals surface area contributed by atoms with Crippen LogP contribution in [0.1, 0.15) is 5.76 Å². The average molecular weight is 501 g/mol. The van der Waals surface area contributed by atoms with Crippen molar-refractivity contribution in [3.8, 4) is 0 Å². The maximum absolute atomic E-state index is 13.4. The molecule has 1 aliphatic rings. The number of anilines is 2. The minimum absolute atomic E-state index is 0.185. The normalized spacial score (nSPS) is 14.0. The number of carbonyl (C=O) groups is 3. The molecular weight excluding hydrogens is 484 g/mol. The van der Waals surface area contributed by atoms with Crippen molar-refractivity contribution in [2.75, 3.05) is 9.80 Å². The molecule has 0 bridgehead atoms. The Kier molecular flexibility index (Phi) is 6.27. The van der Waals surface area contributed by atoms with Crippen molar-refractivity contribution in [3.05, 3.63) is 113 Å². The summed E-state index contributed by atoms with van der Waals surface area (Å²) < 4.78 is 5.85. The van der Waals surface area contributed by atoms with Crippen molar-refractivity contribution < 1.29 is 18.8 Å². The van der Waals surface area contributed by atoms with Crippen LogP contribution >= 0.6 is 23.4 Å². The number of benzene rings is 3. The van der Waals surface area contributed by atoms with Gasteiger partial charge >= 0.3 is 6.03 Å². The number of barbiturate groups is 1. The predicted molar refractivity (Wildman–Crippen MR) is 136 cm³/mol. The summed E-state index contributed by atoms with van der Waals surface area (Å²) in [7, 11) is 0. The van der Waals surface area contributed by atoms with Crippen LogP contribution in [-0.2, 0) is 9.59 Å². The largest absolute Gasteiger partial charge is 0.450 e. The fraction of sp³-hybridized carbons (Fsp3) is 0. The van der Waals surface area contributed by atoms with Crippen LogP contribution in [0.5, 0.6) is 0 Å². The first-order valence-electron chi connectivity index (χ1n) is 10.6. The number of hydrogen-bond acceptors (Lipinski definition) is 5. The van der Waals surface area contributed by atoms with Gasteiger partial charge in [0, 0.05) is 9.92 Å². The zero-order valence-corrected chi connectivity index (χ0v) is 19.7. The molecule has 35 heavy (non-hydrogen) atoms. The summed E-state index contributed by atoms with van der Waals surface area (Å²) in [5.41, 5.74) is 0.537. The van der Waals surface area contributed by atoms with Crippen LogP contribution in [0.2, 0.25) is 5.02 Å². The van der Waals surface area contributed by atoms with Crippen molar-refractivity contribution in [2.24, 2.45) is 0 Å². The Hall–Kier alpha value is -4.07. The highest BCUT2D eigenvalue weighted by molar-refractivity contribution is 7.99. The number of hydrogen-bond donors (Lipinski definition) is 0. The highest BCUT2D eigenvalue weighted by Crippen LogP contribution is 2.33. The Labute approximate surface area is 210 Å². The number of para-hydroxylation sites is 2. The fourth-order valence-electron chi connectivity index (χ4n) is 3.57. The molecule has 4 amide bonds. The van der Waals surface area contributed by atoms with E-state index in [4.69, 9.17) is 16.0 Å².